The minimum atomic E-state index is -6.03. The van der Waals surface area contributed by atoms with Crippen molar-refractivity contribution in [3.63, 3.8) is 0 Å². The molecule has 1 heterocycles. The molecule has 0 aromatic heterocycles. The van der Waals surface area contributed by atoms with Gasteiger partial charge in [-0.1, -0.05) is 0 Å². The molecule has 152 valence electrons. The summed E-state index contributed by atoms with van der Waals surface area (Å²) in [6, 6.07) is 5.81. The maximum absolute atomic E-state index is 12.1. The van der Waals surface area contributed by atoms with Crippen molar-refractivity contribution >= 4 is 42.6 Å². The molecule has 0 aliphatic carbocycles. The summed E-state index contributed by atoms with van der Waals surface area (Å²) in [6.07, 6.45) is 0. The van der Waals surface area contributed by atoms with Gasteiger partial charge in [-0.05, 0) is 0 Å². The molecule has 0 bridgehead atoms. The minimum Gasteiger partial charge on any atom is -0.286 e. The number of carbonyl (C=O) groups is 4. The van der Waals surface area contributed by atoms with E-state index in [1.807, 2.05) is 0 Å². The van der Waals surface area contributed by atoms with Crippen molar-refractivity contribution in [3.8, 4) is 0 Å². The van der Waals surface area contributed by atoms with Gasteiger partial charge in [0.2, 0.25) is 0 Å². The predicted octanol–water partition coefficient (Wildman–Crippen LogP) is -5.80. The second kappa shape index (κ2) is 8.19. The quantitative estimate of drug-likeness (QED) is 0.293. The fourth-order valence-corrected chi connectivity index (χ4v) is 9.65. The molecule has 1 aliphatic heterocycles. The zero-order chi connectivity index (χ0) is 21.1. The van der Waals surface area contributed by atoms with Crippen LogP contribution in [-0.2, 0) is 26.6 Å². The van der Waals surface area contributed by atoms with Crippen LogP contribution >= 0.6 is 18.7 Å². The summed E-state index contributed by atoms with van der Waals surface area (Å²) >= 11 is -12.0. The fraction of sp³-hybridized carbons (Fsp3) is 0.231. The van der Waals surface area contributed by atoms with E-state index >= 15 is 0 Å². The van der Waals surface area contributed by atoms with Crippen molar-refractivity contribution in [1.29, 1.82) is 0 Å². The molecule has 1 aromatic rings. The van der Waals surface area contributed by atoms with Crippen LogP contribution in [0, 0.1) is 3.57 Å². The Hall–Kier alpha value is -1.60. The topological polar surface area (TPSA) is 197 Å². The Bertz CT molecular complexity index is 725. The fourth-order valence-electron chi connectivity index (χ4n) is 1.88. The molecule has 14 heteroatoms. The Balaban J connectivity index is 0.000000646. The molecule has 0 spiro atoms. The summed E-state index contributed by atoms with van der Waals surface area (Å²) in [7, 11) is 0. The van der Waals surface area contributed by atoms with Gasteiger partial charge in [0.05, 0.1) is 0 Å². The molecular formula is C13H13I2O12-. The molecule has 27 heavy (non-hydrogen) atoms. The number of carbonyl (C=O) groups excluding carboxylic acids is 4. The van der Waals surface area contributed by atoms with Gasteiger partial charge in [-0.3, -0.25) is 13.7 Å². The number of hydrogen-bond donors (Lipinski definition) is 0. The summed E-state index contributed by atoms with van der Waals surface area (Å²) < 4.78 is 55.0. The van der Waals surface area contributed by atoms with Crippen molar-refractivity contribution in [1.82, 2.24) is 0 Å². The van der Waals surface area contributed by atoms with E-state index in [1.165, 1.54) is 18.2 Å². The Morgan fingerprint density at radius 1 is 0.889 bits per heavy atom. The van der Waals surface area contributed by atoms with Crippen molar-refractivity contribution in [3.05, 3.63) is 33.4 Å². The van der Waals surface area contributed by atoms with Crippen molar-refractivity contribution in [2.24, 2.45) is 0 Å². The molecule has 0 atom stereocenters. The van der Waals surface area contributed by atoms with Crippen LogP contribution in [0.25, 0.3) is 0 Å². The van der Waals surface area contributed by atoms with E-state index in [0.29, 0.717) is 0 Å². The number of rotatable bonds is 3. The van der Waals surface area contributed by atoms with Crippen LogP contribution in [-0.4, -0.2) is 23.9 Å². The number of fused-ring (bicyclic) bond motifs is 1. The molecule has 12 nitrogen and oxygen atoms in total. The van der Waals surface area contributed by atoms with Gasteiger partial charge >= 0.3 is 128 Å². The van der Waals surface area contributed by atoms with Gasteiger partial charge in [-0.2, -0.15) is 0 Å². The van der Waals surface area contributed by atoms with Crippen LogP contribution in [0.4, 0.5) is 0 Å². The summed E-state index contributed by atoms with van der Waals surface area (Å²) in [4.78, 5) is 46.7. The Kier molecular flexibility index (Phi) is 7.11. The standard InChI is InChI=1S/C13H13IO8.IO4/c1-8(15)19-14(20-9(2)16,21-10(3)17)12-7-5-4-6-11(12)13(18)22-14;2-1(3,4)5/h4-7H,1-3H3;/q;-1. The van der Waals surface area contributed by atoms with Crippen LogP contribution in [0.5, 0.6) is 0 Å². The Labute approximate surface area is 161 Å². The molecule has 0 fully saturated rings. The zero-order valence-electron chi connectivity index (χ0n) is 14.0. The molecule has 0 N–H and O–H groups in total. The monoisotopic (exact) mass is 615 g/mol. The van der Waals surface area contributed by atoms with Crippen molar-refractivity contribution < 1.29 is 65.3 Å². The number of hydrogen-bond acceptors (Lipinski definition) is 12. The van der Waals surface area contributed by atoms with Gasteiger partial charge in [-0.25, -0.2) is 0 Å². The van der Waals surface area contributed by atoms with E-state index < -0.39 is 62.7 Å². The summed E-state index contributed by atoms with van der Waals surface area (Å²) in [5.41, 5.74) is 0.0142. The van der Waals surface area contributed by atoms with Crippen LogP contribution in [0.2, 0.25) is 0 Å². The smallest absolute Gasteiger partial charge is 0.144 e. The molecule has 2 rings (SSSR count). The van der Waals surface area contributed by atoms with Crippen molar-refractivity contribution in [2.75, 3.05) is 0 Å². The van der Waals surface area contributed by atoms with Gasteiger partial charge in [0, 0.05) is 0 Å². The first-order chi connectivity index (χ1) is 12.2. The number of halogens is 2. The molecule has 0 unspecified atom stereocenters. The van der Waals surface area contributed by atoms with E-state index in [9.17, 15) is 19.2 Å². The third-order valence-electron chi connectivity index (χ3n) is 2.35. The molecule has 1 aliphatic rings. The van der Waals surface area contributed by atoms with Crippen molar-refractivity contribution in [2.45, 2.75) is 20.8 Å². The average molecular weight is 615 g/mol. The maximum atomic E-state index is 12.1. The zero-order valence-corrected chi connectivity index (χ0v) is 18.3. The van der Waals surface area contributed by atoms with Gasteiger partial charge in [-0.15, -0.1) is 0 Å². The van der Waals surface area contributed by atoms with Crippen LogP contribution < -0.4 is 33.8 Å². The van der Waals surface area contributed by atoms with Gasteiger partial charge in [0.1, 0.15) is 20.1 Å². The predicted molar refractivity (Wildman–Crippen MR) is 79.9 cm³/mol. The Morgan fingerprint density at radius 3 is 1.63 bits per heavy atom. The van der Waals surface area contributed by atoms with Gasteiger partial charge in [0.15, 0.2) is 0 Å². The largest absolute Gasteiger partial charge is 0.286 e. The first kappa shape index (κ1) is 23.4. The molecule has 0 saturated carbocycles. The Morgan fingerprint density at radius 2 is 1.26 bits per heavy atom. The SMILES string of the molecule is CC(=O)OI1(OC(C)=O)(OC(C)=O)OC(=O)c2ccccc21.[O-][I+3]([O-])([O-])[O-]. The van der Waals surface area contributed by atoms with E-state index in [1.54, 1.807) is 6.07 Å². The second-order valence-corrected chi connectivity index (χ2v) is 13.6. The van der Waals surface area contributed by atoms with Gasteiger partial charge in [0.25, 0.3) is 0 Å². The van der Waals surface area contributed by atoms with E-state index in [2.05, 4.69) is 0 Å². The van der Waals surface area contributed by atoms with Gasteiger partial charge < -0.3 is 0 Å². The summed E-state index contributed by atoms with van der Waals surface area (Å²) in [5, 5.41) is 0. The first-order valence-corrected chi connectivity index (χ1v) is 14.8. The minimum absolute atomic E-state index is 0.0142. The van der Waals surface area contributed by atoms with E-state index in [0.717, 1.165) is 20.8 Å². The second-order valence-electron chi connectivity index (χ2n) is 4.62. The van der Waals surface area contributed by atoms with E-state index in [-0.39, 0.29) is 9.13 Å². The molecule has 0 amide bonds. The van der Waals surface area contributed by atoms with Crippen LogP contribution in [0.15, 0.2) is 24.3 Å². The normalized spacial score (nSPS) is 17.6. The molecule has 0 saturated heterocycles. The average Bonchev–Trinajstić information content (AvgIpc) is 2.64. The van der Waals surface area contributed by atoms with Crippen LogP contribution in [0.3, 0.4) is 0 Å². The van der Waals surface area contributed by atoms with E-state index in [4.69, 9.17) is 26.0 Å². The third-order valence-corrected chi connectivity index (χ3v) is 10.5. The molecule has 1 aromatic carbocycles. The summed E-state index contributed by atoms with van der Waals surface area (Å²) in [5.74, 6) is -3.64. The number of benzene rings is 1. The maximum Gasteiger partial charge on any atom is 0.144 e. The van der Waals surface area contributed by atoms with Crippen LogP contribution in [0.1, 0.15) is 31.1 Å². The molecule has 0 radical (unpaired) electrons. The molecular weight excluding hydrogens is 602 g/mol. The summed E-state index contributed by atoms with van der Waals surface area (Å²) in [6.45, 7) is 3.07. The first-order valence-electron chi connectivity index (χ1n) is 6.63. The third kappa shape index (κ3) is 5.94.